The third-order valence-electron chi connectivity index (χ3n) is 3.20. The number of rotatable bonds is 7. The highest BCUT2D eigenvalue weighted by atomic mass is 16.4. The SMILES string of the molecule is CC(C)N(C)CCNC(=O)Nc1ccc(CC(=O)O)cc1. The Bertz CT molecular complexity index is 472. The molecule has 0 fully saturated rings. The summed E-state index contributed by atoms with van der Waals surface area (Å²) in [5.74, 6) is -0.872. The van der Waals surface area contributed by atoms with Gasteiger partial charge in [-0.15, -0.1) is 0 Å². The maximum absolute atomic E-state index is 11.7. The van der Waals surface area contributed by atoms with E-state index >= 15 is 0 Å². The molecule has 1 aromatic rings. The van der Waals surface area contributed by atoms with Gasteiger partial charge in [0.25, 0.3) is 0 Å². The van der Waals surface area contributed by atoms with Crippen LogP contribution in [0.15, 0.2) is 24.3 Å². The zero-order chi connectivity index (χ0) is 15.8. The molecule has 1 aromatic carbocycles. The zero-order valence-corrected chi connectivity index (χ0v) is 12.7. The highest BCUT2D eigenvalue weighted by Crippen LogP contribution is 2.09. The van der Waals surface area contributed by atoms with Gasteiger partial charge in [0.1, 0.15) is 0 Å². The van der Waals surface area contributed by atoms with Gasteiger partial charge < -0.3 is 20.6 Å². The summed E-state index contributed by atoms with van der Waals surface area (Å²) in [5, 5.41) is 14.2. The molecule has 0 saturated heterocycles. The van der Waals surface area contributed by atoms with E-state index in [2.05, 4.69) is 29.4 Å². The van der Waals surface area contributed by atoms with Crippen LogP contribution in [0.1, 0.15) is 19.4 Å². The fourth-order valence-electron chi connectivity index (χ4n) is 1.66. The van der Waals surface area contributed by atoms with E-state index in [1.54, 1.807) is 24.3 Å². The Kier molecular flexibility index (Phi) is 6.68. The summed E-state index contributed by atoms with van der Waals surface area (Å²) < 4.78 is 0. The van der Waals surface area contributed by atoms with Crippen LogP contribution in [-0.2, 0) is 11.2 Å². The number of carboxylic acids is 1. The van der Waals surface area contributed by atoms with Gasteiger partial charge in [0, 0.05) is 24.8 Å². The lowest BCUT2D eigenvalue weighted by Crippen LogP contribution is -2.37. The zero-order valence-electron chi connectivity index (χ0n) is 12.7. The van der Waals surface area contributed by atoms with E-state index in [0.29, 0.717) is 23.8 Å². The van der Waals surface area contributed by atoms with Gasteiger partial charge in [-0.05, 0) is 38.6 Å². The van der Waals surface area contributed by atoms with E-state index in [-0.39, 0.29) is 12.5 Å². The molecular weight excluding hydrogens is 270 g/mol. The van der Waals surface area contributed by atoms with Crippen molar-refractivity contribution in [2.24, 2.45) is 0 Å². The smallest absolute Gasteiger partial charge is 0.319 e. The van der Waals surface area contributed by atoms with Gasteiger partial charge in [-0.2, -0.15) is 0 Å². The normalized spacial score (nSPS) is 10.7. The van der Waals surface area contributed by atoms with Crippen molar-refractivity contribution in [1.82, 2.24) is 10.2 Å². The van der Waals surface area contributed by atoms with E-state index < -0.39 is 5.97 Å². The minimum Gasteiger partial charge on any atom is -0.481 e. The number of urea groups is 1. The van der Waals surface area contributed by atoms with Crippen molar-refractivity contribution in [1.29, 1.82) is 0 Å². The molecule has 0 atom stereocenters. The van der Waals surface area contributed by atoms with Crippen LogP contribution in [0.5, 0.6) is 0 Å². The number of anilines is 1. The van der Waals surface area contributed by atoms with Crippen molar-refractivity contribution in [2.45, 2.75) is 26.3 Å². The molecule has 1 rings (SSSR count). The highest BCUT2D eigenvalue weighted by Gasteiger charge is 2.05. The van der Waals surface area contributed by atoms with Crippen molar-refractivity contribution in [2.75, 3.05) is 25.5 Å². The van der Waals surface area contributed by atoms with Crippen molar-refractivity contribution < 1.29 is 14.7 Å². The monoisotopic (exact) mass is 293 g/mol. The average Bonchev–Trinajstić information content (AvgIpc) is 2.40. The molecule has 116 valence electrons. The van der Waals surface area contributed by atoms with E-state index in [4.69, 9.17) is 5.11 Å². The van der Waals surface area contributed by atoms with Gasteiger partial charge in [0.05, 0.1) is 6.42 Å². The van der Waals surface area contributed by atoms with Gasteiger partial charge >= 0.3 is 12.0 Å². The van der Waals surface area contributed by atoms with Crippen LogP contribution in [0.25, 0.3) is 0 Å². The first-order chi connectivity index (χ1) is 9.88. The molecule has 0 bridgehead atoms. The van der Waals surface area contributed by atoms with Gasteiger partial charge in [-0.25, -0.2) is 4.79 Å². The number of aliphatic carboxylic acids is 1. The molecule has 0 aromatic heterocycles. The van der Waals surface area contributed by atoms with Gasteiger partial charge in [-0.3, -0.25) is 4.79 Å². The molecule has 0 heterocycles. The van der Waals surface area contributed by atoms with Crippen LogP contribution in [0.3, 0.4) is 0 Å². The Balaban J connectivity index is 2.36. The van der Waals surface area contributed by atoms with Crippen molar-refractivity contribution in [3.63, 3.8) is 0 Å². The number of carbonyl (C=O) groups is 2. The lowest BCUT2D eigenvalue weighted by atomic mass is 10.1. The van der Waals surface area contributed by atoms with Gasteiger partial charge in [-0.1, -0.05) is 12.1 Å². The van der Waals surface area contributed by atoms with E-state index in [9.17, 15) is 9.59 Å². The van der Waals surface area contributed by atoms with E-state index in [0.717, 1.165) is 6.54 Å². The highest BCUT2D eigenvalue weighted by molar-refractivity contribution is 5.89. The average molecular weight is 293 g/mol. The fraction of sp³-hybridized carbons (Fsp3) is 0.467. The largest absolute Gasteiger partial charge is 0.481 e. The lowest BCUT2D eigenvalue weighted by Gasteiger charge is -2.20. The molecule has 0 saturated carbocycles. The quantitative estimate of drug-likeness (QED) is 0.715. The second-order valence-electron chi connectivity index (χ2n) is 5.22. The maximum atomic E-state index is 11.7. The van der Waals surface area contributed by atoms with Gasteiger partial charge in [0.15, 0.2) is 0 Å². The van der Waals surface area contributed by atoms with Crippen LogP contribution < -0.4 is 10.6 Å². The number of likely N-dealkylation sites (N-methyl/N-ethyl adjacent to an activating group) is 1. The third kappa shape index (κ3) is 6.76. The Hall–Kier alpha value is -2.08. The van der Waals surface area contributed by atoms with E-state index in [1.165, 1.54) is 0 Å². The van der Waals surface area contributed by atoms with Crippen molar-refractivity contribution >= 4 is 17.7 Å². The molecule has 0 aliphatic rings. The number of amides is 2. The molecule has 0 spiro atoms. The summed E-state index contributed by atoms with van der Waals surface area (Å²) in [6.07, 6.45) is -0.0198. The predicted molar refractivity (Wildman–Crippen MR) is 82.6 cm³/mol. The Morgan fingerprint density at radius 1 is 1.24 bits per heavy atom. The van der Waals surface area contributed by atoms with Crippen molar-refractivity contribution in [3.05, 3.63) is 29.8 Å². The van der Waals surface area contributed by atoms with Crippen LogP contribution in [-0.4, -0.2) is 48.2 Å². The number of nitrogens with one attached hydrogen (secondary N) is 2. The standard InChI is InChI=1S/C15H23N3O3/c1-11(2)18(3)9-8-16-15(21)17-13-6-4-12(5-7-13)10-14(19)20/h4-7,11H,8-10H2,1-3H3,(H,19,20)(H2,16,17,21). The fourth-order valence-corrected chi connectivity index (χ4v) is 1.66. The van der Waals surface area contributed by atoms with E-state index in [1.807, 2.05) is 7.05 Å². The molecular formula is C15H23N3O3. The Labute approximate surface area is 125 Å². The molecule has 6 nitrogen and oxygen atoms in total. The summed E-state index contributed by atoms with van der Waals surface area (Å²) in [6, 6.07) is 6.94. The molecule has 0 aliphatic heterocycles. The summed E-state index contributed by atoms with van der Waals surface area (Å²) in [6.45, 7) is 5.54. The van der Waals surface area contributed by atoms with Crippen molar-refractivity contribution in [3.8, 4) is 0 Å². The number of benzene rings is 1. The number of hydrogen-bond donors (Lipinski definition) is 3. The summed E-state index contributed by atoms with van der Waals surface area (Å²) in [4.78, 5) is 24.4. The predicted octanol–water partition coefficient (Wildman–Crippen LogP) is 1.78. The summed E-state index contributed by atoms with van der Waals surface area (Å²) in [5.41, 5.74) is 1.34. The van der Waals surface area contributed by atoms with Crippen LogP contribution in [0, 0.1) is 0 Å². The first kappa shape index (κ1) is 17.0. The second kappa shape index (κ2) is 8.26. The number of carbonyl (C=O) groups excluding carboxylic acids is 1. The van der Waals surface area contributed by atoms with Gasteiger partial charge in [0.2, 0.25) is 0 Å². The van der Waals surface area contributed by atoms with Crippen LogP contribution >= 0.6 is 0 Å². The Morgan fingerprint density at radius 3 is 2.38 bits per heavy atom. The minimum atomic E-state index is -0.872. The summed E-state index contributed by atoms with van der Waals surface area (Å²) in [7, 11) is 2.01. The molecule has 21 heavy (non-hydrogen) atoms. The van der Waals surface area contributed by atoms with Crippen LogP contribution in [0.2, 0.25) is 0 Å². The molecule has 0 aliphatic carbocycles. The van der Waals surface area contributed by atoms with Crippen LogP contribution in [0.4, 0.5) is 10.5 Å². The number of carboxylic acid groups (broad SMARTS) is 1. The maximum Gasteiger partial charge on any atom is 0.319 e. The number of nitrogens with zero attached hydrogens (tertiary/aromatic N) is 1. The number of hydrogen-bond acceptors (Lipinski definition) is 3. The molecule has 3 N–H and O–H groups in total. The minimum absolute atomic E-state index is 0.0198. The third-order valence-corrected chi connectivity index (χ3v) is 3.20. The first-order valence-electron chi connectivity index (χ1n) is 6.94. The second-order valence-corrected chi connectivity index (χ2v) is 5.22. The lowest BCUT2D eigenvalue weighted by molar-refractivity contribution is -0.136. The molecule has 0 unspecified atom stereocenters. The molecule has 2 amide bonds. The Morgan fingerprint density at radius 2 is 1.86 bits per heavy atom. The molecule has 6 heteroatoms. The first-order valence-corrected chi connectivity index (χ1v) is 6.94. The topological polar surface area (TPSA) is 81.7 Å². The summed E-state index contributed by atoms with van der Waals surface area (Å²) >= 11 is 0. The molecule has 0 radical (unpaired) electrons.